The molecule has 9 heteroatoms. The molecule has 0 atom stereocenters. The highest BCUT2D eigenvalue weighted by Gasteiger charge is 2.11. The van der Waals surface area contributed by atoms with Gasteiger partial charge in [-0.1, -0.05) is 12.1 Å². The van der Waals surface area contributed by atoms with Gasteiger partial charge in [-0.3, -0.25) is 19.1 Å². The van der Waals surface area contributed by atoms with Crippen molar-refractivity contribution >= 4 is 17.5 Å². The number of nitrogens with zero attached hydrogens (tertiary/aromatic N) is 3. The number of nitrogens with one attached hydrogen (secondary N) is 2. The summed E-state index contributed by atoms with van der Waals surface area (Å²) >= 11 is 0. The van der Waals surface area contributed by atoms with Crippen LogP contribution in [-0.2, 0) is 24.4 Å². The Bertz CT molecular complexity index is 1070. The van der Waals surface area contributed by atoms with Gasteiger partial charge in [0.05, 0.1) is 17.4 Å². The van der Waals surface area contributed by atoms with Gasteiger partial charge >= 0.3 is 0 Å². The third-order valence-electron chi connectivity index (χ3n) is 4.17. The number of pyridine rings is 1. The summed E-state index contributed by atoms with van der Waals surface area (Å²) in [5, 5.41) is 9.41. The molecule has 3 aromatic rings. The molecule has 0 bridgehead atoms. The Hall–Kier alpha value is -3.75. The first-order chi connectivity index (χ1) is 13.9. The third kappa shape index (κ3) is 5.38. The normalized spacial score (nSPS) is 10.6. The van der Waals surface area contributed by atoms with Gasteiger partial charge in [-0.15, -0.1) is 0 Å². The summed E-state index contributed by atoms with van der Waals surface area (Å²) in [6.45, 7) is 2.56. The van der Waals surface area contributed by atoms with E-state index in [2.05, 4.69) is 15.7 Å². The Kier molecular flexibility index (Phi) is 6.18. The quantitative estimate of drug-likeness (QED) is 0.635. The van der Waals surface area contributed by atoms with Crippen LogP contribution in [0.25, 0.3) is 0 Å². The van der Waals surface area contributed by atoms with Crippen LogP contribution in [0, 0.1) is 5.82 Å². The van der Waals surface area contributed by atoms with E-state index < -0.39 is 17.4 Å². The number of anilines is 1. The van der Waals surface area contributed by atoms with Crippen LogP contribution in [0.2, 0.25) is 0 Å². The Morgan fingerprint density at radius 1 is 1.10 bits per heavy atom. The molecule has 2 N–H and O–H groups in total. The van der Waals surface area contributed by atoms with Crippen LogP contribution in [0.1, 0.15) is 22.8 Å². The molecule has 150 valence electrons. The fourth-order valence-corrected chi connectivity index (χ4v) is 2.63. The van der Waals surface area contributed by atoms with E-state index in [9.17, 15) is 18.8 Å². The van der Waals surface area contributed by atoms with E-state index in [0.717, 1.165) is 10.1 Å². The zero-order valence-corrected chi connectivity index (χ0v) is 15.8. The lowest BCUT2D eigenvalue weighted by molar-refractivity contribution is -0.116. The molecule has 2 heterocycles. The number of hydrogen-bond acceptors (Lipinski definition) is 4. The average molecular weight is 397 g/mol. The molecule has 2 aromatic heterocycles. The molecular weight excluding hydrogens is 377 g/mol. The van der Waals surface area contributed by atoms with Crippen molar-refractivity contribution in [2.24, 2.45) is 0 Å². The second kappa shape index (κ2) is 8.96. The van der Waals surface area contributed by atoms with E-state index in [1.165, 1.54) is 36.7 Å². The van der Waals surface area contributed by atoms with Crippen LogP contribution in [0.3, 0.4) is 0 Å². The predicted octanol–water partition coefficient (Wildman–Crippen LogP) is 1.77. The minimum absolute atomic E-state index is 0.208. The van der Waals surface area contributed by atoms with Gasteiger partial charge in [0.2, 0.25) is 5.91 Å². The largest absolute Gasteiger partial charge is 0.348 e. The average Bonchev–Trinajstić information content (AvgIpc) is 3.16. The number of aromatic nitrogens is 3. The molecule has 0 radical (unpaired) electrons. The maximum absolute atomic E-state index is 12.9. The van der Waals surface area contributed by atoms with Crippen molar-refractivity contribution in [3.63, 3.8) is 0 Å². The van der Waals surface area contributed by atoms with E-state index in [1.807, 2.05) is 6.92 Å². The van der Waals surface area contributed by atoms with Gasteiger partial charge in [-0.25, -0.2) is 4.39 Å². The number of halogens is 1. The smallest absolute Gasteiger partial charge is 0.253 e. The molecule has 0 fully saturated rings. The Morgan fingerprint density at radius 2 is 1.86 bits per heavy atom. The highest BCUT2D eigenvalue weighted by Crippen LogP contribution is 2.06. The summed E-state index contributed by atoms with van der Waals surface area (Å²) in [7, 11) is 0. The van der Waals surface area contributed by atoms with Crippen molar-refractivity contribution in [1.82, 2.24) is 19.7 Å². The second-order valence-electron chi connectivity index (χ2n) is 6.33. The van der Waals surface area contributed by atoms with Crippen LogP contribution in [0.5, 0.6) is 0 Å². The Morgan fingerprint density at radius 3 is 2.55 bits per heavy atom. The molecule has 1 aromatic carbocycles. The lowest BCUT2D eigenvalue weighted by Crippen LogP contribution is -2.29. The molecule has 0 aliphatic carbocycles. The van der Waals surface area contributed by atoms with Gasteiger partial charge in [0, 0.05) is 31.5 Å². The van der Waals surface area contributed by atoms with Gasteiger partial charge < -0.3 is 15.2 Å². The van der Waals surface area contributed by atoms with Crippen molar-refractivity contribution in [3.8, 4) is 0 Å². The van der Waals surface area contributed by atoms with Gasteiger partial charge in [-0.05, 0) is 30.7 Å². The molecule has 8 nitrogen and oxygen atoms in total. The minimum Gasteiger partial charge on any atom is -0.348 e. The number of benzene rings is 1. The van der Waals surface area contributed by atoms with Crippen molar-refractivity contribution < 1.29 is 14.0 Å². The molecule has 29 heavy (non-hydrogen) atoms. The molecular formula is C20H20FN5O3. The topological polar surface area (TPSA) is 98.0 Å². The number of carbonyl (C=O) groups excluding carboxylic acids is 2. The summed E-state index contributed by atoms with van der Waals surface area (Å²) in [5.74, 6) is -1.17. The van der Waals surface area contributed by atoms with Crippen molar-refractivity contribution in [2.75, 3.05) is 5.32 Å². The van der Waals surface area contributed by atoms with Gasteiger partial charge in [0.15, 0.2) is 0 Å². The maximum Gasteiger partial charge on any atom is 0.253 e. The molecule has 0 saturated heterocycles. The van der Waals surface area contributed by atoms with E-state index in [4.69, 9.17) is 0 Å². The van der Waals surface area contributed by atoms with E-state index in [-0.39, 0.29) is 24.5 Å². The molecule has 0 aliphatic rings. The predicted molar refractivity (Wildman–Crippen MR) is 105 cm³/mol. The van der Waals surface area contributed by atoms with Crippen molar-refractivity contribution in [2.45, 2.75) is 26.6 Å². The second-order valence-corrected chi connectivity index (χ2v) is 6.33. The lowest BCUT2D eigenvalue weighted by atomic mass is 10.2. The van der Waals surface area contributed by atoms with Gasteiger partial charge in [-0.2, -0.15) is 5.10 Å². The standard InChI is InChI=1S/C20H20FN5O3/c1-2-26-12-17(10-23-26)24-18(27)13-25-11-15(5-8-19(25)28)20(29)22-9-14-3-6-16(21)7-4-14/h3-8,10-12H,2,9,13H2,1H3,(H,22,29)(H,24,27). The number of carbonyl (C=O) groups is 2. The summed E-state index contributed by atoms with van der Waals surface area (Å²) in [6.07, 6.45) is 4.53. The maximum atomic E-state index is 12.9. The van der Waals surface area contributed by atoms with Crippen LogP contribution in [0.4, 0.5) is 10.1 Å². The number of amides is 2. The first-order valence-corrected chi connectivity index (χ1v) is 9.00. The van der Waals surface area contributed by atoms with Crippen LogP contribution in [0.15, 0.2) is 59.8 Å². The number of aryl methyl sites for hydroxylation is 1. The first-order valence-electron chi connectivity index (χ1n) is 9.00. The molecule has 0 unspecified atom stereocenters. The summed E-state index contributed by atoms with van der Waals surface area (Å²) in [5.41, 5.74) is 1.09. The fourth-order valence-electron chi connectivity index (χ4n) is 2.63. The van der Waals surface area contributed by atoms with Crippen LogP contribution in [-0.4, -0.2) is 26.2 Å². The fraction of sp³-hybridized carbons (Fsp3) is 0.200. The van der Waals surface area contributed by atoms with Crippen LogP contribution < -0.4 is 16.2 Å². The van der Waals surface area contributed by atoms with Crippen LogP contribution >= 0.6 is 0 Å². The third-order valence-corrected chi connectivity index (χ3v) is 4.17. The van der Waals surface area contributed by atoms with Gasteiger partial charge in [0.1, 0.15) is 12.4 Å². The van der Waals surface area contributed by atoms with Crippen molar-refractivity contribution in [3.05, 3.63) is 82.3 Å². The highest BCUT2D eigenvalue weighted by molar-refractivity contribution is 5.94. The molecule has 0 aliphatic heterocycles. The zero-order valence-electron chi connectivity index (χ0n) is 15.8. The number of hydrogen-bond donors (Lipinski definition) is 2. The molecule has 2 amide bonds. The minimum atomic E-state index is -0.411. The van der Waals surface area contributed by atoms with E-state index in [1.54, 1.807) is 23.0 Å². The monoisotopic (exact) mass is 397 g/mol. The Labute approximate surface area is 166 Å². The number of rotatable bonds is 7. The molecule has 0 saturated carbocycles. The van der Waals surface area contributed by atoms with E-state index in [0.29, 0.717) is 12.2 Å². The summed E-state index contributed by atoms with van der Waals surface area (Å²) in [4.78, 5) is 36.6. The zero-order chi connectivity index (χ0) is 20.8. The van der Waals surface area contributed by atoms with Crippen molar-refractivity contribution in [1.29, 1.82) is 0 Å². The SMILES string of the molecule is CCn1cc(NC(=O)Cn2cc(C(=O)NCc3ccc(F)cc3)ccc2=O)cn1. The molecule has 0 spiro atoms. The first kappa shape index (κ1) is 20.0. The highest BCUT2D eigenvalue weighted by atomic mass is 19.1. The Balaban J connectivity index is 1.63. The molecule has 3 rings (SSSR count). The lowest BCUT2D eigenvalue weighted by Gasteiger charge is -2.09. The summed E-state index contributed by atoms with van der Waals surface area (Å²) < 4.78 is 15.8. The van der Waals surface area contributed by atoms with Gasteiger partial charge in [0.25, 0.3) is 11.5 Å². The van der Waals surface area contributed by atoms with E-state index >= 15 is 0 Å². The summed E-state index contributed by atoms with van der Waals surface area (Å²) in [6, 6.07) is 8.38.